The summed E-state index contributed by atoms with van der Waals surface area (Å²) in [6.45, 7) is 7.99. The monoisotopic (exact) mass is 314 g/mol. The van der Waals surface area contributed by atoms with Gasteiger partial charge in [-0.05, 0) is 29.5 Å². The van der Waals surface area contributed by atoms with Crippen LogP contribution in [-0.4, -0.2) is 22.2 Å². The summed E-state index contributed by atoms with van der Waals surface area (Å²) in [5.41, 5.74) is 1.11. The standard InChI is InChI=1S/C19H22O4/c1-12-9-13(16(20)21)11-19(10-12,17(22)23)15-7-5-14(6-8-15)18(2,3)4/h5-10H,11H2,1-4H3,(H,20,21)(H,22,23). The van der Waals surface area contributed by atoms with Gasteiger partial charge in [-0.25, -0.2) is 4.79 Å². The molecule has 1 aliphatic carbocycles. The van der Waals surface area contributed by atoms with Crippen molar-refractivity contribution in [2.75, 3.05) is 0 Å². The third-order valence-electron chi connectivity index (χ3n) is 4.27. The third-order valence-corrected chi connectivity index (χ3v) is 4.27. The van der Waals surface area contributed by atoms with E-state index in [4.69, 9.17) is 0 Å². The van der Waals surface area contributed by atoms with E-state index in [0.29, 0.717) is 11.1 Å². The average molecular weight is 314 g/mol. The molecule has 0 saturated heterocycles. The Hall–Kier alpha value is -2.36. The van der Waals surface area contributed by atoms with Gasteiger partial charge in [0.15, 0.2) is 0 Å². The summed E-state index contributed by atoms with van der Waals surface area (Å²) in [5, 5.41) is 19.1. The number of carboxylic acid groups (broad SMARTS) is 2. The van der Waals surface area contributed by atoms with Crippen LogP contribution in [0.3, 0.4) is 0 Å². The van der Waals surface area contributed by atoms with Gasteiger partial charge < -0.3 is 10.2 Å². The number of benzene rings is 1. The summed E-state index contributed by atoms with van der Waals surface area (Å²) in [6.07, 6.45) is 3.13. The van der Waals surface area contributed by atoms with Crippen LogP contribution < -0.4 is 0 Å². The highest BCUT2D eigenvalue weighted by atomic mass is 16.4. The lowest BCUT2D eigenvalue weighted by molar-refractivity contribution is -0.142. The molecule has 1 unspecified atom stereocenters. The molecule has 4 nitrogen and oxygen atoms in total. The van der Waals surface area contributed by atoms with Crippen molar-refractivity contribution in [1.82, 2.24) is 0 Å². The van der Waals surface area contributed by atoms with Crippen LogP contribution in [0, 0.1) is 0 Å². The fourth-order valence-corrected chi connectivity index (χ4v) is 2.96. The molecule has 0 fully saturated rings. The largest absolute Gasteiger partial charge is 0.480 e. The van der Waals surface area contributed by atoms with Gasteiger partial charge in [-0.2, -0.15) is 0 Å². The predicted molar refractivity (Wildman–Crippen MR) is 88.5 cm³/mol. The third kappa shape index (κ3) is 3.21. The van der Waals surface area contributed by atoms with Crippen molar-refractivity contribution >= 4 is 11.9 Å². The molecule has 1 aliphatic rings. The maximum Gasteiger partial charge on any atom is 0.331 e. The second-order valence-corrected chi connectivity index (χ2v) is 7.14. The molecule has 2 rings (SSSR count). The lowest BCUT2D eigenvalue weighted by Gasteiger charge is -2.31. The minimum absolute atomic E-state index is 0.0284. The zero-order valence-electron chi connectivity index (χ0n) is 13.9. The van der Waals surface area contributed by atoms with Gasteiger partial charge >= 0.3 is 11.9 Å². The lowest BCUT2D eigenvalue weighted by Crippen LogP contribution is -2.37. The van der Waals surface area contributed by atoms with Crippen LogP contribution in [0.5, 0.6) is 0 Å². The van der Waals surface area contributed by atoms with E-state index in [2.05, 4.69) is 20.8 Å². The Balaban J connectivity index is 2.54. The summed E-state index contributed by atoms with van der Waals surface area (Å²) in [4.78, 5) is 23.3. The maximum atomic E-state index is 12.0. The van der Waals surface area contributed by atoms with Gasteiger partial charge in [0, 0.05) is 12.0 Å². The first-order valence-corrected chi connectivity index (χ1v) is 7.54. The summed E-state index contributed by atoms with van der Waals surface area (Å²) >= 11 is 0. The van der Waals surface area contributed by atoms with E-state index in [1.54, 1.807) is 25.1 Å². The van der Waals surface area contributed by atoms with E-state index in [9.17, 15) is 19.8 Å². The van der Waals surface area contributed by atoms with Gasteiger partial charge in [-0.15, -0.1) is 0 Å². The molecule has 122 valence electrons. The molecule has 4 heteroatoms. The smallest absolute Gasteiger partial charge is 0.331 e. The van der Waals surface area contributed by atoms with Crippen molar-refractivity contribution in [1.29, 1.82) is 0 Å². The second kappa shape index (κ2) is 5.69. The molecule has 0 aromatic heterocycles. The van der Waals surface area contributed by atoms with Crippen LogP contribution in [0.25, 0.3) is 0 Å². The second-order valence-electron chi connectivity index (χ2n) is 7.14. The highest BCUT2D eigenvalue weighted by molar-refractivity contribution is 5.93. The van der Waals surface area contributed by atoms with E-state index in [-0.39, 0.29) is 17.4 Å². The van der Waals surface area contributed by atoms with Gasteiger partial charge in [0.05, 0.1) is 0 Å². The number of allylic oxidation sites excluding steroid dienone is 2. The summed E-state index contributed by atoms with van der Waals surface area (Å²) in [6, 6.07) is 7.43. The number of carboxylic acids is 2. The normalized spacial score (nSPS) is 21.4. The van der Waals surface area contributed by atoms with E-state index < -0.39 is 17.4 Å². The quantitative estimate of drug-likeness (QED) is 0.892. The topological polar surface area (TPSA) is 74.6 Å². The Morgan fingerprint density at radius 2 is 1.65 bits per heavy atom. The van der Waals surface area contributed by atoms with Crippen molar-refractivity contribution in [2.45, 2.75) is 44.9 Å². The maximum absolute atomic E-state index is 12.0. The molecule has 0 aliphatic heterocycles. The minimum Gasteiger partial charge on any atom is -0.480 e. The number of aliphatic carboxylic acids is 2. The van der Waals surface area contributed by atoms with Crippen molar-refractivity contribution in [3.63, 3.8) is 0 Å². The summed E-state index contributed by atoms with van der Waals surface area (Å²) < 4.78 is 0. The Morgan fingerprint density at radius 1 is 1.09 bits per heavy atom. The molecule has 23 heavy (non-hydrogen) atoms. The van der Waals surface area contributed by atoms with Gasteiger partial charge in [-0.1, -0.05) is 56.7 Å². The summed E-state index contributed by atoms with van der Waals surface area (Å²) in [5.74, 6) is -2.11. The molecular formula is C19H22O4. The molecular weight excluding hydrogens is 292 g/mol. The van der Waals surface area contributed by atoms with Crippen molar-refractivity contribution in [3.8, 4) is 0 Å². The van der Waals surface area contributed by atoms with Crippen LogP contribution in [-0.2, 0) is 20.4 Å². The Kier molecular flexibility index (Phi) is 4.20. The molecule has 0 saturated carbocycles. The molecule has 0 spiro atoms. The molecule has 0 radical (unpaired) electrons. The first-order chi connectivity index (χ1) is 10.6. The van der Waals surface area contributed by atoms with Gasteiger partial charge in [0.2, 0.25) is 0 Å². The minimum atomic E-state index is -1.33. The van der Waals surface area contributed by atoms with Gasteiger partial charge in [0.25, 0.3) is 0 Å². The SMILES string of the molecule is CC1=CC(C(=O)O)(c2ccc(C(C)(C)C)cc2)CC(C(=O)O)=C1. The van der Waals surface area contributed by atoms with Crippen molar-refractivity contribution in [3.05, 3.63) is 58.7 Å². The molecule has 1 atom stereocenters. The van der Waals surface area contributed by atoms with E-state index >= 15 is 0 Å². The molecule has 0 bridgehead atoms. The number of hydrogen-bond acceptors (Lipinski definition) is 2. The van der Waals surface area contributed by atoms with Crippen molar-refractivity contribution < 1.29 is 19.8 Å². The Labute approximate surface area is 136 Å². The molecule has 1 aromatic carbocycles. The predicted octanol–water partition coefficient (Wildman–Crippen LogP) is 3.67. The number of rotatable bonds is 3. The van der Waals surface area contributed by atoms with Crippen LogP contribution in [0.2, 0.25) is 0 Å². The van der Waals surface area contributed by atoms with E-state index in [0.717, 1.165) is 5.56 Å². The fraction of sp³-hybridized carbons (Fsp3) is 0.368. The molecule has 0 amide bonds. The molecule has 1 aromatic rings. The summed E-state index contributed by atoms with van der Waals surface area (Å²) in [7, 11) is 0. The Morgan fingerprint density at radius 3 is 2.09 bits per heavy atom. The highest BCUT2D eigenvalue weighted by Gasteiger charge is 2.42. The van der Waals surface area contributed by atoms with Crippen molar-refractivity contribution in [2.24, 2.45) is 0 Å². The van der Waals surface area contributed by atoms with E-state index in [1.165, 1.54) is 6.08 Å². The van der Waals surface area contributed by atoms with E-state index in [1.807, 2.05) is 12.1 Å². The molecule has 0 heterocycles. The van der Waals surface area contributed by atoms with Gasteiger partial charge in [-0.3, -0.25) is 4.79 Å². The number of hydrogen-bond donors (Lipinski definition) is 2. The number of carbonyl (C=O) groups is 2. The molecule has 2 N–H and O–H groups in total. The zero-order valence-corrected chi connectivity index (χ0v) is 13.9. The average Bonchev–Trinajstić information content (AvgIpc) is 2.45. The first kappa shape index (κ1) is 17.0. The van der Waals surface area contributed by atoms with Crippen LogP contribution in [0.4, 0.5) is 0 Å². The van der Waals surface area contributed by atoms with Crippen LogP contribution in [0.1, 0.15) is 45.2 Å². The fourth-order valence-electron chi connectivity index (χ4n) is 2.96. The van der Waals surface area contributed by atoms with Crippen LogP contribution >= 0.6 is 0 Å². The Bertz CT molecular complexity index is 702. The van der Waals surface area contributed by atoms with Crippen LogP contribution in [0.15, 0.2) is 47.6 Å². The lowest BCUT2D eigenvalue weighted by atomic mass is 9.71. The van der Waals surface area contributed by atoms with Gasteiger partial charge in [0.1, 0.15) is 5.41 Å². The first-order valence-electron chi connectivity index (χ1n) is 7.54. The highest BCUT2D eigenvalue weighted by Crippen LogP contribution is 2.39. The zero-order chi connectivity index (χ0) is 17.4.